The number of rotatable bonds is 3. The monoisotopic (exact) mass is 346 g/mol. The molecule has 1 amide bonds. The van der Waals surface area contributed by atoms with E-state index in [1.54, 1.807) is 0 Å². The summed E-state index contributed by atoms with van der Waals surface area (Å²) >= 11 is 7.61. The maximum absolute atomic E-state index is 12.0. The van der Waals surface area contributed by atoms with Crippen molar-refractivity contribution in [1.82, 2.24) is 4.90 Å². The lowest BCUT2D eigenvalue weighted by Gasteiger charge is -2.45. The highest BCUT2D eigenvalue weighted by atomic mass is 35.5. The van der Waals surface area contributed by atoms with E-state index in [1.165, 1.54) is 37.3 Å². The number of piperidine rings is 3. The van der Waals surface area contributed by atoms with Crippen LogP contribution in [-0.2, 0) is 0 Å². The molecule has 0 radical (unpaired) electrons. The van der Waals surface area contributed by atoms with Gasteiger partial charge in [0.15, 0.2) is 0 Å². The molecule has 0 saturated carbocycles. The standard InChI is InChI=1S/C18H19ClN2OS/c19-13-3-1-2-12(8-13)16-9-14(17(23-16)18(20)22)15-10-21-6-4-11(15)5-7-21/h1-3,8-9,11,15H,4-7,10H2,(H2,20,22). The zero-order valence-electron chi connectivity index (χ0n) is 12.8. The smallest absolute Gasteiger partial charge is 0.259 e. The highest BCUT2D eigenvalue weighted by Crippen LogP contribution is 2.44. The molecule has 1 aromatic carbocycles. The van der Waals surface area contributed by atoms with E-state index in [1.807, 2.05) is 24.3 Å². The fourth-order valence-corrected chi connectivity index (χ4v) is 5.24. The average molecular weight is 347 g/mol. The number of thiophene rings is 1. The van der Waals surface area contributed by atoms with Crippen LogP contribution in [0.4, 0.5) is 0 Å². The number of hydrogen-bond donors (Lipinski definition) is 1. The van der Waals surface area contributed by atoms with Crippen LogP contribution in [0.15, 0.2) is 30.3 Å². The topological polar surface area (TPSA) is 46.3 Å². The maximum atomic E-state index is 12.0. The normalized spacial score (nSPS) is 26.4. The zero-order chi connectivity index (χ0) is 16.0. The van der Waals surface area contributed by atoms with Crippen LogP contribution < -0.4 is 5.73 Å². The molecule has 1 aromatic heterocycles. The summed E-state index contributed by atoms with van der Waals surface area (Å²) < 4.78 is 0. The molecule has 2 aromatic rings. The van der Waals surface area contributed by atoms with E-state index in [4.69, 9.17) is 17.3 Å². The van der Waals surface area contributed by atoms with Gasteiger partial charge in [0.2, 0.25) is 0 Å². The number of hydrogen-bond acceptors (Lipinski definition) is 3. The van der Waals surface area contributed by atoms with Crippen molar-refractivity contribution < 1.29 is 4.79 Å². The van der Waals surface area contributed by atoms with E-state index in [2.05, 4.69) is 11.0 Å². The van der Waals surface area contributed by atoms with Crippen LogP contribution in [0.3, 0.4) is 0 Å². The van der Waals surface area contributed by atoms with Crippen molar-refractivity contribution in [3.63, 3.8) is 0 Å². The number of primary amides is 1. The summed E-state index contributed by atoms with van der Waals surface area (Å²) in [5.41, 5.74) is 7.87. The Morgan fingerprint density at radius 1 is 1.26 bits per heavy atom. The molecule has 1 unspecified atom stereocenters. The molecule has 0 spiro atoms. The molecule has 120 valence electrons. The zero-order valence-corrected chi connectivity index (χ0v) is 14.4. The van der Waals surface area contributed by atoms with Crippen molar-refractivity contribution in [2.24, 2.45) is 11.7 Å². The molecule has 3 fully saturated rings. The molecule has 4 heterocycles. The van der Waals surface area contributed by atoms with Gasteiger partial charge in [0, 0.05) is 22.4 Å². The van der Waals surface area contributed by atoms with Gasteiger partial charge in [0.1, 0.15) is 0 Å². The van der Waals surface area contributed by atoms with Crippen molar-refractivity contribution in [3.8, 4) is 10.4 Å². The van der Waals surface area contributed by atoms with Gasteiger partial charge in [-0.05, 0) is 61.2 Å². The Morgan fingerprint density at radius 3 is 2.65 bits per heavy atom. The van der Waals surface area contributed by atoms with Crippen molar-refractivity contribution in [3.05, 3.63) is 45.8 Å². The Labute approximate surface area is 145 Å². The molecule has 2 N–H and O–H groups in total. The first-order valence-corrected chi connectivity index (χ1v) is 9.23. The van der Waals surface area contributed by atoms with Gasteiger partial charge in [-0.2, -0.15) is 0 Å². The molecule has 5 rings (SSSR count). The minimum Gasteiger partial charge on any atom is -0.365 e. The molecule has 2 bridgehead atoms. The van der Waals surface area contributed by atoms with E-state index in [0.29, 0.717) is 16.9 Å². The SMILES string of the molecule is NC(=O)c1sc(-c2cccc(Cl)c2)cc1C1CN2CCC1CC2. The molecule has 23 heavy (non-hydrogen) atoms. The molecule has 3 aliphatic heterocycles. The van der Waals surface area contributed by atoms with Gasteiger partial charge < -0.3 is 10.6 Å². The van der Waals surface area contributed by atoms with E-state index in [0.717, 1.165) is 27.4 Å². The quantitative estimate of drug-likeness (QED) is 0.913. The Bertz CT molecular complexity index is 749. The molecule has 3 nitrogen and oxygen atoms in total. The lowest BCUT2D eigenvalue weighted by Crippen LogP contribution is -2.46. The minimum atomic E-state index is -0.310. The molecule has 0 aliphatic carbocycles. The summed E-state index contributed by atoms with van der Waals surface area (Å²) in [6, 6.07) is 9.95. The highest BCUT2D eigenvalue weighted by molar-refractivity contribution is 7.17. The van der Waals surface area contributed by atoms with Gasteiger partial charge in [0.25, 0.3) is 5.91 Å². The van der Waals surface area contributed by atoms with Gasteiger partial charge in [0.05, 0.1) is 4.88 Å². The van der Waals surface area contributed by atoms with Crippen molar-refractivity contribution in [1.29, 1.82) is 0 Å². The molecule has 3 saturated heterocycles. The number of carbonyl (C=O) groups is 1. The fraction of sp³-hybridized carbons (Fsp3) is 0.389. The summed E-state index contributed by atoms with van der Waals surface area (Å²) in [6.07, 6.45) is 2.45. The largest absolute Gasteiger partial charge is 0.365 e. The Hall–Kier alpha value is -1.36. The summed E-state index contributed by atoms with van der Waals surface area (Å²) in [6.45, 7) is 3.44. The molecule has 1 atom stereocenters. The second-order valence-corrected chi connectivity index (χ2v) is 8.00. The molecule has 5 heteroatoms. The Kier molecular flexibility index (Phi) is 3.92. The fourth-order valence-electron chi connectivity index (χ4n) is 3.97. The number of nitrogens with zero attached hydrogens (tertiary/aromatic N) is 1. The van der Waals surface area contributed by atoms with Gasteiger partial charge in [-0.15, -0.1) is 11.3 Å². The molecule has 3 aliphatic rings. The van der Waals surface area contributed by atoms with Gasteiger partial charge in [-0.3, -0.25) is 4.79 Å². The predicted octanol–water partition coefficient (Wildman–Crippen LogP) is 3.98. The Morgan fingerprint density at radius 2 is 2.04 bits per heavy atom. The third-order valence-electron chi connectivity index (χ3n) is 5.15. The van der Waals surface area contributed by atoms with Crippen LogP contribution in [0.2, 0.25) is 5.02 Å². The summed E-state index contributed by atoms with van der Waals surface area (Å²) in [5.74, 6) is 0.804. The number of amides is 1. The van der Waals surface area contributed by atoms with Crippen LogP contribution in [0, 0.1) is 5.92 Å². The van der Waals surface area contributed by atoms with Gasteiger partial charge >= 0.3 is 0 Å². The van der Waals surface area contributed by atoms with Crippen molar-refractivity contribution in [2.75, 3.05) is 19.6 Å². The number of carbonyl (C=O) groups excluding carboxylic acids is 1. The van der Waals surface area contributed by atoms with E-state index in [9.17, 15) is 4.79 Å². The van der Waals surface area contributed by atoms with Crippen LogP contribution in [0.25, 0.3) is 10.4 Å². The lowest BCUT2D eigenvalue weighted by molar-refractivity contribution is 0.0859. The first-order valence-electron chi connectivity index (χ1n) is 8.03. The highest BCUT2D eigenvalue weighted by Gasteiger charge is 2.37. The number of nitrogens with two attached hydrogens (primary N) is 1. The van der Waals surface area contributed by atoms with Crippen LogP contribution >= 0.6 is 22.9 Å². The van der Waals surface area contributed by atoms with Gasteiger partial charge in [-0.25, -0.2) is 0 Å². The van der Waals surface area contributed by atoms with Gasteiger partial charge in [-0.1, -0.05) is 23.7 Å². The predicted molar refractivity (Wildman–Crippen MR) is 95.2 cm³/mol. The number of fused-ring (bicyclic) bond motifs is 3. The van der Waals surface area contributed by atoms with E-state index >= 15 is 0 Å². The van der Waals surface area contributed by atoms with Crippen LogP contribution in [-0.4, -0.2) is 30.4 Å². The second kappa shape index (κ2) is 5.93. The van der Waals surface area contributed by atoms with Crippen LogP contribution in [0.5, 0.6) is 0 Å². The summed E-state index contributed by atoms with van der Waals surface area (Å²) in [5, 5.41) is 0.709. The minimum absolute atomic E-state index is 0.310. The summed E-state index contributed by atoms with van der Waals surface area (Å²) in [4.78, 5) is 16.3. The third kappa shape index (κ3) is 2.80. The molecular weight excluding hydrogens is 328 g/mol. The first kappa shape index (κ1) is 15.2. The summed E-state index contributed by atoms with van der Waals surface area (Å²) in [7, 11) is 0. The van der Waals surface area contributed by atoms with Crippen LogP contribution in [0.1, 0.15) is 34.0 Å². The lowest BCUT2D eigenvalue weighted by atomic mass is 9.75. The van der Waals surface area contributed by atoms with Crippen molar-refractivity contribution >= 4 is 28.8 Å². The Balaban J connectivity index is 1.76. The second-order valence-electron chi connectivity index (χ2n) is 6.51. The first-order chi connectivity index (χ1) is 11.1. The number of halogens is 1. The van der Waals surface area contributed by atoms with E-state index < -0.39 is 0 Å². The average Bonchev–Trinajstić information content (AvgIpc) is 3.01. The maximum Gasteiger partial charge on any atom is 0.259 e. The van der Waals surface area contributed by atoms with E-state index in [-0.39, 0.29) is 5.91 Å². The van der Waals surface area contributed by atoms with Crippen molar-refractivity contribution in [2.45, 2.75) is 18.8 Å². The molecular formula is C18H19ClN2OS. The number of benzene rings is 1. The third-order valence-corrected chi connectivity index (χ3v) is 6.60.